The van der Waals surface area contributed by atoms with Gasteiger partial charge >= 0.3 is 0 Å². The monoisotopic (exact) mass is 264 g/mol. The van der Waals surface area contributed by atoms with Crippen molar-refractivity contribution < 1.29 is 8.42 Å². The van der Waals surface area contributed by atoms with E-state index in [2.05, 4.69) is 9.62 Å². The molecule has 0 aromatic rings. The third-order valence-corrected chi connectivity index (χ3v) is 4.59. The third kappa shape index (κ3) is 4.89. The second kappa shape index (κ2) is 7.27. The third-order valence-electron chi connectivity index (χ3n) is 2.89. The predicted octanol–water partition coefficient (Wildman–Crippen LogP) is -0.803. The maximum absolute atomic E-state index is 11.8. The van der Waals surface area contributed by atoms with Gasteiger partial charge in [-0.25, -0.2) is 4.72 Å². The molecule has 1 heterocycles. The Labute approximate surface area is 104 Å². The fourth-order valence-corrected chi connectivity index (χ4v) is 3.24. The van der Waals surface area contributed by atoms with Crippen molar-refractivity contribution in [2.75, 3.05) is 45.8 Å². The zero-order valence-electron chi connectivity index (χ0n) is 10.6. The summed E-state index contributed by atoms with van der Waals surface area (Å²) in [5.74, 6) is 0. The van der Waals surface area contributed by atoms with Crippen LogP contribution < -0.4 is 10.5 Å². The minimum atomic E-state index is -3.27. The van der Waals surface area contributed by atoms with E-state index in [0.29, 0.717) is 26.2 Å². The zero-order chi connectivity index (χ0) is 12.7. The number of nitrogens with two attached hydrogens (primary N) is 1. The second-order valence-electron chi connectivity index (χ2n) is 4.24. The Morgan fingerprint density at radius 1 is 1.24 bits per heavy atom. The molecule has 1 fully saturated rings. The smallest absolute Gasteiger partial charge is 0.279 e. The van der Waals surface area contributed by atoms with Crippen molar-refractivity contribution in [3.63, 3.8) is 0 Å². The van der Waals surface area contributed by atoms with Crippen molar-refractivity contribution in [3.05, 3.63) is 0 Å². The Morgan fingerprint density at radius 2 is 2.00 bits per heavy atom. The summed E-state index contributed by atoms with van der Waals surface area (Å²) >= 11 is 0. The van der Waals surface area contributed by atoms with Crippen LogP contribution in [0.2, 0.25) is 0 Å². The number of nitrogens with zero attached hydrogens (tertiary/aromatic N) is 2. The SMILES string of the molecule is CCNS(=O)(=O)N1CCCN(CCCN)CC1. The lowest BCUT2D eigenvalue weighted by atomic mass is 10.3. The number of rotatable bonds is 6. The predicted molar refractivity (Wildman–Crippen MR) is 68.9 cm³/mol. The maximum Gasteiger partial charge on any atom is 0.279 e. The minimum absolute atomic E-state index is 0.440. The molecule has 1 aliphatic rings. The van der Waals surface area contributed by atoms with Gasteiger partial charge in [-0.2, -0.15) is 12.7 Å². The maximum atomic E-state index is 11.8. The molecule has 0 aromatic heterocycles. The van der Waals surface area contributed by atoms with Gasteiger partial charge in [-0.05, 0) is 32.5 Å². The van der Waals surface area contributed by atoms with E-state index < -0.39 is 10.2 Å². The van der Waals surface area contributed by atoms with Crippen molar-refractivity contribution in [2.45, 2.75) is 19.8 Å². The highest BCUT2D eigenvalue weighted by Gasteiger charge is 2.23. The molecule has 0 atom stereocenters. The van der Waals surface area contributed by atoms with Crippen LogP contribution in [0.25, 0.3) is 0 Å². The summed E-state index contributed by atoms with van der Waals surface area (Å²) < 4.78 is 27.7. The molecule has 1 rings (SSSR count). The lowest BCUT2D eigenvalue weighted by molar-refractivity contribution is 0.284. The molecule has 0 amide bonds. The molecule has 0 aromatic carbocycles. The summed E-state index contributed by atoms with van der Waals surface area (Å²) in [5.41, 5.74) is 5.48. The zero-order valence-corrected chi connectivity index (χ0v) is 11.4. The first-order valence-electron chi connectivity index (χ1n) is 6.27. The van der Waals surface area contributed by atoms with E-state index in [1.807, 2.05) is 0 Å². The topological polar surface area (TPSA) is 78.7 Å². The largest absolute Gasteiger partial charge is 0.330 e. The van der Waals surface area contributed by atoms with Crippen LogP contribution in [-0.4, -0.2) is 63.4 Å². The molecule has 0 aliphatic carbocycles. The van der Waals surface area contributed by atoms with Crippen molar-refractivity contribution in [2.24, 2.45) is 5.73 Å². The van der Waals surface area contributed by atoms with Gasteiger partial charge in [0.05, 0.1) is 0 Å². The normalized spacial score (nSPS) is 20.4. The van der Waals surface area contributed by atoms with Gasteiger partial charge in [0.15, 0.2) is 0 Å². The summed E-state index contributed by atoms with van der Waals surface area (Å²) in [6.45, 7) is 6.82. The number of hydrogen-bond donors (Lipinski definition) is 2. The molecule has 0 bridgehead atoms. The quantitative estimate of drug-likeness (QED) is 0.658. The van der Waals surface area contributed by atoms with Crippen LogP contribution in [-0.2, 0) is 10.2 Å². The average molecular weight is 264 g/mol. The fourth-order valence-electron chi connectivity index (χ4n) is 2.00. The summed E-state index contributed by atoms with van der Waals surface area (Å²) in [6, 6.07) is 0. The molecule has 0 saturated carbocycles. The highest BCUT2D eigenvalue weighted by atomic mass is 32.2. The van der Waals surface area contributed by atoms with E-state index >= 15 is 0 Å². The van der Waals surface area contributed by atoms with Gasteiger partial charge in [-0.15, -0.1) is 0 Å². The van der Waals surface area contributed by atoms with Crippen molar-refractivity contribution in [3.8, 4) is 0 Å². The van der Waals surface area contributed by atoms with E-state index in [9.17, 15) is 8.42 Å². The first-order valence-corrected chi connectivity index (χ1v) is 7.71. The molecule has 17 heavy (non-hydrogen) atoms. The van der Waals surface area contributed by atoms with Crippen LogP contribution >= 0.6 is 0 Å². The van der Waals surface area contributed by atoms with Gasteiger partial charge in [-0.1, -0.05) is 6.92 Å². The van der Waals surface area contributed by atoms with Gasteiger partial charge in [0.2, 0.25) is 0 Å². The molecule has 0 spiro atoms. The first kappa shape index (κ1) is 14.8. The molecule has 0 radical (unpaired) electrons. The summed E-state index contributed by atoms with van der Waals surface area (Å²) in [7, 11) is -3.27. The van der Waals surface area contributed by atoms with E-state index in [-0.39, 0.29) is 0 Å². The Morgan fingerprint density at radius 3 is 2.65 bits per heavy atom. The number of nitrogens with one attached hydrogen (secondary N) is 1. The Balaban J connectivity index is 2.47. The Hall–Kier alpha value is -0.210. The van der Waals surface area contributed by atoms with E-state index in [0.717, 1.165) is 32.5 Å². The average Bonchev–Trinajstić information content (AvgIpc) is 2.52. The molecular formula is C10H24N4O2S. The Bertz CT molecular complexity index is 307. The van der Waals surface area contributed by atoms with E-state index in [1.54, 1.807) is 11.2 Å². The lowest BCUT2D eigenvalue weighted by Gasteiger charge is -2.21. The molecule has 1 saturated heterocycles. The molecule has 1 aliphatic heterocycles. The van der Waals surface area contributed by atoms with Gasteiger partial charge in [-0.3, -0.25) is 0 Å². The van der Waals surface area contributed by atoms with Crippen molar-refractivity contribution >= 4 is 10.2 Å². The van der Waals surface area contributed by atoms with Crippen molar-refractivity contribution in [1.29, 1.82) is 0 Å². The fraction of sp³-hybridized carbons (Fsp3) is 1.00. The molecule has 7 heteroatoms. The molecule has 3 N–H and O–H groups in total. The van der Waals surface area contributed by atoms with E-state index in [4.69, 9.17) is 5.73 Å². The summed E-state index contributed by atoms with van der Waals surface area (Å²) in [6.07, 6.45) is 1.86. The Kier molecular flexibility index (Phi) is 6.35. The molecular weight excluding hydrogens is 240 g/mol. The van der Waals surface area contributed by atoms with Crippen LogP contribution in [0.3, 0.4) is 0 Å². The highest BCUT2D eigenvalue weighted by Crippen LogP contribution is 2.07. The van der Waals surface area contributed by atoms with Crippen molar-refractivity contribution in [1.82, 2.24) is 13.9 Å². The van der Waals surface area contributed by atoms with Gasteiger partial charge in [0.1, 0.15) is 0 Å². The van der Waals surface area contributed by atoms with Crippen LogP contribution in [0.15, 0.2) is 0 Å². The second-order valence-corrected chi connectivity index (χ2v) is 5.99. The summed E-state index contributed by atoms with van der Waals surface area (Å²) in [5, 5.41) is 0. The van der Waals surface area contributed by atoms with Crippen LogP contribution in [0, 0.1) is 0 Å². The minimum Gasteiger partial charge on any atom is -0.330 e. The van der Waals surface area contributed by atoms with Gasteiger partial charge < -0.3 is 10.6 Å². The van der Waals surface area contributed by atoms with Crippen LogP contribution in [0.4, 0.5) is 0 Å². The molecule has 0 unspecified atom stereocenters. The van der Waals surface area contributed by atoms with Crippen LogP contribution in [0.5, 0.6) is 0 Å². The molecule has 102 valence electrons. The van der Waals surface area contributed by atoms with Gasteiger partial charge in [0.25, 0.3) is 10.2 Å². The first-order chi connectivity index (χ1) is 8.10. The highest BCUT2D eigenvalue weighted by molar-refractivity contribution is 7.87. The van der Waals surface area contributed by atoms with E-state index in [1.165, 1.54) is 0 Å². The summed E-state index contributed by atoms with van der Waals surface area (Å²) in [4.78, 5) is 2.29. The lowest BCUT2D eigenvalue weighted by Crippen LogP contribution is -2.42. The van der Waals surface area contributed by atoms with Gasteiger partial charge in [0, 0.05) is 26.2 Å². The standard InChI is InChI=1S/C10H24N4O2S/c1-2-12-17(15,16)14-8-4-7-13(9-10-14)6-3-5-11/h12H,2-11H2,1H3. The van der Waals surface area contributed by atoms with Crippen LogP contribution in [0.1, 0.15) is 19.8 Å². The number of hydrogen-bond acceptors (Lipinski definition) is 4. The molecule has 6 nitrogen and oxygen atoms in total.